The summed E-state index contributed by atoms with van der Waals surface area (Å²) in [5.74, 6) is -0.810. The van der Waals surface area contributed by atoms with Gasteiger partial charge in [-0.15, -0.1) is 0 Å². The van der Waals surface area contributed by atoms with E-state index in [4.69, 9.17) is 0 Å². The van der Waals surface area contributed by atoms with Crippen molar-refractivity contribution < 1.29 is 9.90 Å². The summed E-state index contributed by atoms with van der Waals surface area (Å²) >= 11 is 0. The third kappa shape index (κ3) is 3.15. The molecular formula is C14H23N3O2. The number of hydrogen-bond donors (Lipinski definition) is 2. The third-order valence-electron chi connectivity index (χ3n) is 3.68. The number of carboxylic acid groups (broad SMARTS) is 1. The van der Waals surface area contributed by atoms with Crippen LogP contribution in [0.15, 0.2) is 6.07 Å². The van der Waals surface area contributed by atoms with E-state index in [0.29, 0.717) is 12.6 Å². The van der Waals surface area contributed by atoms with Gasteiger partial charge in [0.25, 0.3) is 0 Å². The van der Waals surface area contributed by atoms with Crippen LogP contribution in [-0.4, -0.2) is 32.4 Å². The first-order chi connectivity index (χ1) is 8.98. The highest BCUT2D eigenvalue weighted by molar-refractivity contribution is 5.78. The Morgan fingerprint density at radius 2 is 2.21 bits per heavy atom. The topological polar surface area (TPSA) is 67.2 Å². The number of hydrogen-bond acceptors (Lipinski definition) is 3. The lowest BCUT2D eigenvalue weighted by atomic mass is 10.0. The Kier molecular flexibility index (Phi) is 3.94. The Morgan fingerprint density at radius 1 is 1.53 bits per heavy atom. The summed E-state index contributed by atoms with van der Waals surface area (Å²) in [4.78, 5) is 11.6. The maximum atomic E-state index is 11.6. The van der Waals surface area contributed by atoms with Gasteiger partial charge in [0, 0.05) is 11.7 Å². The van der Waals surface area contributed by atoms with Gasteiger partial charge in [-0.2, -0.15) is 5.10 Å². The molecule has 0 amide bonds. The van der Waals surface area contributed by atoms with Crippen molar-refractivity contribution in [2.24, 2.45) is 0 Å². The highest BCUT2D eigenvalue weighted by atomic mass is 16.4. The van der Waals surface area contributed by atoms with Crippen LogP contribution < -0.4 is 5.32 Å². The number of aliphatic carboxylic acids is 1. The monoisotopic (exact) mass is 265 g/mol. The van der Waals surface area contributed by atoms with Crippen molar-refractivity contribution >= 4 is 5.97 Å². The maximum absolute atomic E-state index is 11.6. The van der Waals surface area contributed by atoms with Crippen LogP contribution in [0.3, 0.4) is 0 Å². The summed E-state index contributed by atoms with van der Waals surface area (Å²) in [6.07, 6.45) is 3.89. The third-order valence-corrected chi connectivity index (χ3v) is 3.68. The van der Waals surface area contributed by atoms with Crippen molar-refractivity contribution in [2.45, 2.75) is 64.6 Å². The van der Waals surface area contributed by atoms with Gasteiger partial charge in [-0.3, -0.25) is 14.8 Å². The number of aromatic nitrogens is 2. The molecule has 1 aliphatic rings. The number of carbonyl (C=O) groups is 1. The van der Waals surface area contributed by atoms with Crippen LogP contribution in [0.5, 0.6) is 0 Å². The minimum Gasteiger partial charge on any atom is -0.480 e. The summed E-state index contributed by atoms with van der Waals surface area (Å²) < 4.78 is 1.85. The van der Waals surface area contributed by atoms with E-state index in [1.165, 1.54) is 0 Å². The largest absolute Gasteiger partial charge is 0.480 e. The Hall–Kier alpha value is -1.36. The maximum Gasteiger partial charge on any atom is 0.325 e. The molecule has 0 aliphatic heterocycles. The molecule has 1 aromatic heterocycles. The molecule has 0 spiro atoms. The van der Waals surface area contributed by atoms with Crippen LogP contribution in [0, 0.1) is 0 Å². The first-order valence-electron chi connectivity index (χ1n) is 7.05. The van der Waals surface area contributed by atoms with E-state index in [1.807, 2.05) is 4.68 Å². The molecule has 1 aliphatic carbocycles. The number of aryl methyl sites for hydroxylation is 2. The molecule has 2 N–H and O–H groups in total. The fourth-order valence-electron chi connectivity index (χ4n) is 2.26. The zero-order chi connectivity index (χ0) is 14.0. The fraction of sp³-hybridized carbons (Fsp3) is 0.714. The molecule has 1 atom stereocenters. The minimum absolute atomic E-state index is 0.354. The SMILES string of the molecule is CCc1cc(CC)n(CC(C)(NC2CC2)C(=O)O)n1. The molecule has 1 unspecified atom stereocenters. The van der Waals surface area contributed by atoms with E-state index in [0.717, 1.165) is 37.1 Å². The van der Waals surface area contributed by atoms with Crippen molar-refractivity contribution in [2.75, 3.05) is 0 Å². The van der Waals surface area contributed by atoms with Gasteiger partial charge >= 0.3 is 5.97 Å². The fourth-order valence-corrected chi connectivity index (χ4v) is 2.26. The van der Waals surface area contributed by atoms with Crippen molar-refractivity contribution in [1.82, 2.24) is 15.1 Å². The van der Waals surface area contributed by atoms with E-state index in [2.05, 4.69) is 30.3 Å². The van der Waals surface area contributed by atoms with Crippen LogP contribution in [0.4, 0.5) is 0 Å². The van der Waals surface area contributed by atoms with Crippen molar-refractivity contribution in [3.8, 4) is 0 Å². The molecule has 1 heterocycles. The summed E-state index contributed by atoms with van der Waals surface area (Å²) in [6, 6.07) is 2.42. The summed E-state index contributed by atoms with van der Waals surface area (Å²) in [5.41, 5.74) is 1.18. The minimum atomic E-state index is -0.942. The molecule has 0 saturated heterocycles. The highest BCUT2D eigenvalue weighted by Gasteiger charge is 2.39. The van der Waals surface area contributed by atoms with E-state index in [9.17, 15) is 9.90 Å². The van der Waals surface area contributed by atoms with Gasteiger partial charge in [-0.1, -0.05) is 13.8 Å². The molecule has 0 radical (unpaired) electrons. The van der Waals surface area contributed by atoms with Crippen LogP contribution in [-0.2, 0) is 24.2 Å². The van der Waals surface area contributed by atoms with Crippen LogP contribution in [0.2, 0.25) is 0 Å². The zero-order valence-corrected chi connectivity index (χ0v) is 11.9. The van der Waals surface area contributed by atoms with Crippen LogP contribution >= 0.6 is 0 Å². The van der Waals surface area contributed by atoms with Crippen molar-refractivity contribution in [3.05, 3.63) is 17.5 Å². The second kappa shape index (κ2) is 5.33. The number of nitrogens with zero attached hydrogens (tertiary/aromatic N) is 2. The standard InChI is InChI=1S/C14H23N3O2/c1-4-10-8-12(5-2)17(16-10)9-14(3,13(18)19)15-11-6-7-11/h8,11,15H,4-7,9H2,1-3H3,(H,18,19). The molecular weight excluding hydrogens is 242 g/mol. The molecule has 1 aromatic rings. The van der Waals surface area contributed by atoms with Gasteiger partial charge < -0.3 is 5.11 Å². The van der Waals surface area contributed by atoms with Crippen molar-refractivity contribution in [1.29, 1.82) is 0 Å². The predicted molar refractivity (Wildman–Crippen MR) is 73.2 cm³/mol. The molecule has 5 heteroatoms. The smallest absolute Gasteiger partial charge is 0.325 e. The van der Waals surface area contributed by atoms with Gasteiger partial charge in [-0.25, -0.2) is 0 Å². The summed E-state index contributed by atoms with van der Waals surface area (Å²) in [7, 11) is 0. The molecule has 106 valence electrons. The molecule has 0 bridgehead atoms. The van der Waals surface area contributed by atoms with Gasteiger partial charge in [-0.05, 0) is 38.7 Å². The van der Waals surface area contributed by atoms with Gasteiger partial charge in [0.15, 0.2) is 0 Å². The van der Waals surface area contributed by atoms with E-state index >= 15 is 0 Å². The first kappa shape index (κ1) is 14.1. The number of nitrogens with one attached hydrogen (secondary N) is 1. The molecule has 0 aromatic carbocycles. The zero-order valence-electron chi connectivity index (χ0n) is 11.9. The highest BCUT2D eigenvalue weighted by Crippen LogP contribution is 2.24. The molecule has 1 fully saturated rings. The Labute approximate surface area is 114 Å². The van der Waals surface area contributed by atoms with Crippen LogP contribution in [0.25, 0.3) is 0 Å². The second-order valence-electron chi connectivity index (χ2n) is 5.55. The Morgan fingerprint density at radius 3 is 2.68 bits per heavy atom. The Bertz CT molecular complexity index is 465. The molecule has 19 heavy (non-hydrogen) atoms. The lowest BCUT2D eigenvalue weighted by Gasteiger charge is -2.27. The quantitative estimate of drug-likeness (QED) is 0.786. The summed E-state index contributed by atoms with van der Waals surface area (Å²) in [6.45, 7) is 6.26. The average molecular weight is 265 g/mol. The second-order valence-corrected chi connectivity index (χ2v) is 5.55. The lowest BCUT2D eigenvalue weighted by molar-refractivity contribution is -0.145. The van der Waals surface area contributed by atoms with E-state index in [1.54, 1.807) is 6.92 Å². The van der Waals surface area contributed by atoms with Crippen LogP contribution in [0.1, 0.15) is 45.0 Å². The van der Waals surface area contributed by atoms with Gasteiger partial charge in [0.2, 0.25) is 0 Å². The lowest BCUT2D eigenvalue weighted by Crippen LogP contribution is -2.53. The van der Waals surface area contributed by atoms with Crippen molar-refractivity contribution in [3.63, 3.8) is 0 Å². The average Bonchev–Trinajstić information content (AvgIpc) is 3.07. The number of rotatable bonds is 7. The summed E-state index contributed by atoms with van der Waals surface area (Å²) in [5, 5.41) is 17.2. The van der Waals surface area contributed by atoms with E-state index < -0.39 is 11.5 Å². The molecule has 5 nitrogen and oxygen atoms in total. The molecule has 1 saturated carbocycles. The number of carboxylic acids is 1. The predicted octanol–water partition coefficient (Wildman–Crippen LogP) is 1.60. The first-order valence-corrected chi connectivity index (χ1v) is 7.05. The molecule has 2 rings (SSSR count). The van der Waals surface area contributed by atoms with E-state index in [-0.39, 0.29) is 0 Å². The van der Waals surface area contributed by atoms with Gasteiger partial charge in [0.05, 0.1) is 12.2 Å². The Balaban J connectivity index is 2.20. The normalized spacial score (nSPS) is 18.3. The van der Waals surface area contributed by atoms with Gasteiger partial charge in [0.1, 0.15) is 5.54 Å².